The van der Waals surface area contributed by atoms with Gasteiger partial charge in [-0.2, -0.15) is 0 Å². The number of ether oxygens (including phenoxy) is 1. The van der Waals surface area contributed by atoms with Crippen LogP contribution in [0.5, 0.6) is 0 Å². The summed E-state index contributed by atoms with van der Waals surface area (Å²) in [6.45, 7) is 11.1. The van der Waals surface area contributed by atoms with Crippen LogP contribution in [-0.4, -0.2) is 35.2 Å². The first-order valence-corrected chi connectivity index (χ1v) is 9.77. The molecular formula is C22H32N2O. The Morgan fingerprint density at radius 2 is 1.96 bits per heavy atom. The number of aromatic nitrogens is 1. The number of benzene rings is 1. The summed E-state index contributed by atoms with van der Waals surface area (Å²) >= 11 is 0. The Balaban J connectivity index is 1.44. The number of para-hydroxylation sites is 1. The van der Waals surface area contributed by atoms with E-state index in [9.17, 15) is 0 Å². The molecule has 25 heavy (non-hydrogen) atoms. The first-order chi connectivity index (χ1) is 12.2. The molecule has 1 aliphatic heterocycles. The Morgan fingerprint density at radius 3 is 2.72 bits per heavy atom. The zero-order chi connectivity index (χ0) is 17.6. The fourth-order valence-corrected chi connectivity index (χ4v) is 3.93. The van der Waals surface area contributed by atoms with Crippen molar-refractivity contribution in [1.29, 1.82) is 0 Å². The topological polar surface area (TPSA) is 17.4 Å². The molecule has 3 nitrogen and oxygen atoms in total. The number of aryl methyl sites for hydroxylation is 2. The highest BCUT2D eigenvalue weighted by Crippen LogP contribution is 2.21. The van der Waals surface area contributed by atoms with E-state index >= 15 is 0 Å². The van der Waals surface area contributed by atoms with Gasteiger partial charge < -0.3 is 14.2 Å². The van der Waals surface area contributed by atoms with E-state index in [4.69, 9.17) is 4.74 Å². The van der Waals surface area contributed by atoms with Crippen molar-refractivity contribution >= 4 is 10.9 Å². The zero-order valence-electron chi connectivity index (χ0n) is 16.0. The van der Waals surface area contributed by atoms with Gasteiger partial charge in [0.1, 0.15) is 6.10 Å². The van der Waals surface area contributed by atoms with Gasteiger partial charge in [0.05, 0.1) is 5.76 Å². The zero-order valence-corrected chi connectivity index (χ0v) is 16.0. The normalized spacial score (nSPS) is 17.3. The number of piperidine rings is 1. The predicted octanol–water partition coefficient (Wildman–Crippen LogP) is 5.13. The summed E-state index contributed by atoms with van der Waals surface area (Å²) in [5, 5.41) is 1.39. The molecule has 1 saturated heterocycles. The summed E-state index contributed by atoms with van der Waals surface area (Å²) in [6.07, 6.45) is 9.45. The van der Waals surface area contributed by atoms with Gasteiger partial charge in [-0.15, -0.1) is 0 Å². The van der Waals surface area contributed by atoms with E-state index in [-0.39, 0.29) is 0 Å². The van der Waals surface area contributed by atoms with Crippen LogP contribution in [-0.2, 0) is 11.3 Å². The lowest BCUT2D eigenvalue weighted by Gasteiger charge is -2.32. The van der Waals surface area contributed by atoms with E-state index in [0.717, 1.165) is 44.7 Å². The van der Waals surface area contributed by atoms with Gasteiger partial charge in [0.15, 0.2) is 0 Å². The summed E-state index contributed by atoms with van der Waals surface area (Å²) in [4.78, 5) is 2.59. The Bertz CT molecular complexity index is 708. The molecule has 2 heterocycles. The van der Waals surface area contributed by atoms with Crippen molar-refractivity contribution in [1.82, 2.24) is 9.47 Å². The molecule has 0 bridgehead atoms. The van der Waals surface area contributed by atoms with Crippen molar-refractivity contribution < 1.29 is 4.74 Å². The third-order valence-corrected chi connectivity index (χ3v) is 5.24. The van der Waals surface area contributed by atoms with Gasteiger partial charge in [-0.05, 0) is 63.8 Å². The molecular weight excluding hydrogens is 308 g/mol. The van der Waals surface area contributed by atoms with Crippen molar-refractivity contribution in [3.8, 4) is 0 Å². The van der Waals surface area contributed by atoms with E-state index in [2.05, 4.69) is 66.8 Å². The minimum Gasteiger partial charge on any atom is -0.495 e. The maximum Gasteiger partial charge on any atom is 0.101 e. The lowest BCUT2D eigenvalue weighted by Crippen LogP contribution is -2.37. The summed E-state index contributed by atoms with van der Waals surface area (Å²) < 4.78 is 8.45. The number of hydrogen-bond donors (Lipinski definition) is 0. The first-order valence-electron chi connectivity index (χ1n) is 9.77. The molecule has 0 unspecified atom stereocenters. The summed E-state index contributed by atoms with van der Waals surface area (Å²) in [5.41, 5.74) is 2.74. The van der Waals surface area contributed by atoms with Gasteiger partial charge in [0.2, 0.25) is 0 Å². The van der Waals surface area contributed by atoms with E-state index in [1.807, 2.05) is 0 Å². The van der Waals surface area contributed by atoms with Crippen LogP contribution >= 0.6 is 0 Å². The Kier molecular flexibility index (Phi) is 6.19. The molecule has 1 aromatic heterocycles. The minimum atomic E-state index is 0.412. The average Bonchev–Trinajstić information content (AvgIpc) is 2.93. The van der Waals surface area contributed by atoms with Crippen molar-refractivity contribution in [3.05, 3.63) is 47.9 Å². The SMILES string of the molecule is CC/C=C(\C)OC1CCN(CCCn2cc(C)c3ccccc32)CC1. The van der Waals surface area contributed by atoms with Gasteiger partial charge >= 0.3 is 0 Å². The standard InChI is InChI=1S/C22H32N2O/c1-4-8-19(3)25-20-11-15-23(16-12-20)13-7-14-24-17-18(2)21-9-5-6-10-22(21)24/h5-6,8-10,17,20H,4,7,11-16H2,1-3H3/b19-8+. The third-order valence-electron chi connectivity index (χ3n) is 5.24. The molecule has 1 aromatic carbocycles. The van der Waals surface area contributed by atoms with Crippen molar-refractivity contribution in [2.24, 2.45) is 0 Å². The highest BCUT2D eigenvalue weighted by Gasteiger charge is 2.20. The minimum absolute atomic E-state index is 0.412. The van der Waals surface area contributed by atoms with E-state index in [1.54, 1.807) is 0 Å². The molecule has 0 amide bonds. The predicted molar refractivity (Wildman–Crippen MR) is 106 cm³/mol. The summed E-state index contributed by atoms with van der Waals surface area (Å²) in [6, 6.07) is 8.72. The molecule has 0 spiro atoms. The fourth-order valence-electron chi connectivity index (χ4n) is 3.93. The molecule has 1 fully saturated rings. The smallest absolute Gasteiger partial charge is 0.101 e. The van der Waals surface area contributed by atoms with Gasteiger partial charge in [-0.3, -0.25) is 0 Å². The molecule has 2 aromatic rings. The van der Waals surface area contributed by atoms with Crippen LogP contribution in [0.25, 0.3) is 10.9 Å². The monoisotopic (exact) mass is 340 g/mol. The quantitative estimate of drug-likeness (QED) is 0.650. The molecule has 136 valence electrons. The Labute approximate surface area is 152 Å². The third kappa shape index (κ3) is 4.66. The van der Waals surface area contributed by atoms with Crippen LogP contribution in [0.2, 0.25) is 0 Å². The van der Waals surface area contributed by atoms with Crippen LogP contribution in [0.3, 0.4) is 0 Å². The van der Waals surface area contributed by atoms with Gasteiger partial charge in [-0.25, -0.2) is 0 Å². The number of allylic oxidation sites excluding steroid dienone is 2. The average molecular weight is 341 g/mol. The number of rotatable bonds is 7. The highest BCUT2D eigenvalue weighted by molar-refractivity contribution is 5.83. The Morgan fingerprint density at radius 1 is 1.20 bits per heavy atom. The van der Waals surface area contributed by atoms with Crippen LogP contribution < -0.4 is 0 Å². The molecule has 1 aliphatic rings. The Hall–Kier alpha value is -1.74. The maximum absolute atomic E-state index is 6.04. The second-order valence-electron chi connectivity index (χ2n) is 7.26. The number of nitrogens with zero attached hydrogens (tertiary/aromatic N) is 2. The van der Waals surface area contributed by atoms with Gasteiger partial charge in [0.25, 0.3) is 0 Å². The molecule has 3 heteroatoms. The molecule has 0 atom stereocenters. The largest absolute Gasteiger partial charge is 0.495 e. The molecule has 0 saturated carbocycles. The molecule has 3 rings (SSSR count). The van der Waals surface area contributed by atoms with Gasteiger partial charge in [-0.1, -0.05) is 25.1 Å². The van der Waals surface area contributed by atoms with E-state index in [0.29, 0.717) is 6.10 Å². The van der Waals surface area contributed by atoms with Crippen LogP contribution in [0.1, 0.15) is 45.1 Å². The maximum atomic E-state index is 6.04. The lowest BCUT2D eigenvalue weighted by molar-refractivity contribution is 0.0501. The van der Waals surface area contributed by atoms with Crippen LogP contribution in [0.4, 0.5) is 0 Å². The van der Waals surface area contributed by atoms with Crippen molar-refractivity contribution in [2.45, 2.75) is 59.1 Å². The van der Waals surface area contributed by atoms with Gasteiger partial charge in [0, 0.05) is 36.7 Å². The number of likely N-dealkylation sites (tertiary alicyclic amines) is 1. The van der Waals surface area contributed by atoms with Crippen molar-refractivity contribution in [3.63, 3.8) is 0 Å². The highest BCUT2D eigenvalue weighted by atomic mass is 16.5. The second-order valence-corrected chi connectivity index (χ2v) is 7.26. The summed E-state index contributed by atoms with van der Waals surface area (Å²) in [7, 11) is 0. The fraction of sp³-hybridized carbons (Fsp3) is 0.545. The molecule has 0 radical (unpaired) electrons. The number of fused-ring (bicyclic) bond motifs is 1. The van der Waals surface area contributed by atoms with Crippen LogP contribution in [0, 0.1) is 6.92 Å². The molecule has 0 aliphatic carbocycles. The van der Waals surface area contributed by atoms with E-state index < -0.39 is 0 Å². The van der Waals surface area contributed by atoms with E-state index in [1.165, 1.54) is 29.4 Å². The number of hydrogen-bond acceptors (Lipinski definition) is 2. The lowest BCUT2D eigenvalue weighted by atomic mass is 10.1. The first kappa shape index (κ1) is 18.1. The second kappa shape index (κ2) is 8.57. The summed E-state index contributed by atoms with van der Waals surface area (Å²) in [5.74, 6) is 1.09. The van der Waals surface area contributed by atoms with Crippen LogP contribution in [0.15, 0.2) is 42.3 Å². The molecule has 0 N–H and O–H groups in total. The van der Waals surface area contributed by atoms with Crippen molar-refractivity contribution in [2.75, 3.05) is 19.6 Å².